The van der Waals surface area contributed by atoms with Crippen LogP contribution in [0.25, 0.3) is 0 Å². The Hall–Kier alpha value is -3.22. The van der Waals surface area contributed by atoms with Crippen LogP contribution in [-0.2, 0) is 30.3 Å². The first-order valence-electron chi connectivity index (χ1n) is 11.5. The average Bonchev–Trinajstić information content (AvgIpc) is 3.21. The average molecular weight is 530 g/mol. The van der Waals surface area contributed by atoms with Gasteiger partial charge in [0.15, 0.2) is 0 Å². The number of ether oxygens (including phenoxy) is 4. The molecule has 0 aliphatic carbocycles. The molecule has 3 rings (SSSR count). The van der Waals surface area contributed by atoms with Gasteiger partial charge in [0, 0.05) is 11.4 Å². The minimum atomic E-state index is -1.44. The van der Waals surface area contributed by atoms with Crippen molar-refractivity contribution in [3.8, 4) is 0 Å². The molecule has 0 saturated carbocycles. The number of nitrogens with zero attached hydrogens (tertiary/aromatic N) is 1. The number of amides is 1. The predicted octanol–water partition coefficient (Wildman–Crippen LogP) is 2.27. The molecule has 1 aliphatic rings. The quantitative estimate of drug-likeness (QED) is 0.497. The van der Waals surface area contributed by atoms with Gasteiger partial charge < -0.3 is 24.3 Å². The van der Waals surface area contributed by atoms with Crippen LogP contribution in [0, 0.1) is 5.82 Å². The van der Waals surface area contributed by atoms with Gasteiger partial charge in [-0.2, -0.15) is 4.39 Å². The fourth-order valence-corrected chi connectivity index (χ4v) is 3.40. The van der Waals surface area contributed by atoms with E-state index in [9.17, 15) is 23.6 Å². The van der Waals surface area contributed by atoms with Crippen LogP contribution in [-0.4, -0.2) is 52.6 Å². The van der Waals surface area contributed by atoms with Crippen LogP contribution >= 0.6 is 11.6 Å². The Morgan fingerprint density at radius 2 is 2.00 bits per heavy atom. The summed E-state index contributed by atoms with van der Waals surface area (Å²) in [6.07, 6.45) is -4.59. The zero-order valence-corrected chi connectivity index (χ0v) is 20.6. The summed E-state index contributed by atoms with van der Waals surface area (Å²) in [5.41, 5.74) is -2.32. The van der Waals surface area contributed by atoms with Crippen LogP contribution in [0.3, 0.4) is 0 Å². The minimum absolute atomic E-state index is 0.0107. The van der Waals surface area contributed by atoms with Gasteiger partial charge in [0.05, 0.1) is 20.3 Å². The third-order valence-electron chi connectivity index (χ3n) is 4.89. The van der Waals surface area contributed by atoms with E-state index < -0.39 is 65.9 Å². The van der Waals surface area contributed by atoms with Crippen molar-refractivity contribution in [3.63, 3.8) is 0 Å². The van der Waals surface area contributed by atoms with E-state index in [4.69, 9.17) is 31.9 Å². The lowest BCUT2D eigenvalue weighted by Gasteiger charge is -2.20. The Morgan fingerprint density at radius 3 is 2.67 bits per heavy atom. The molecule has 0 spiro atoms. The van der Waals surface area contributed by atoms with Gasteiger partial charge in [-0.3, -0.25) is 19.1 Å². The Bertz CT molecular complexity index is 1240. The molecule has 36 heavy (non-hydrogen) atoms. The minimum Gasteiger partial charge on any atom is -0.461 e. The third kappa shape index (κ3) is 7.90. The summed E-state index contributed by atoms with van der Waals surface area (Å²) in [6.45, 7) is 4.33. The molecule has 0 bridgehead atoms. The molecule has 13 heteroatoms. The zero-order valence-electron chi connectivity index (χ0n) is 20.8. The molecule has 0 radical (unpaired) electrons. The number of carbonyl (C=O) groups is 2. The smallest absolute Gasteiger partial charge is 0.408 e. The summed E-state index contributed by atoms with van der Waals surface area (Å²) >= 11 is 5.90. The zero-order chi connectivity index (χ0) is 27.3. The van der Waals surface area contributed by atoms with Crippen LogP contribution in [0.5, 0.6) is 0 Å². The number of nitrogens with one attached hydrogen (secondary N) is 2. The van der Waals surface area contributed by atoms with E-state index in [0.29, 0.717) is 9.59 Å². The molecule has 1 amide bonds. The standard InChI is InChI=1S/C23H27ClFN3O8/c1-23(2,3)36-22(32)26-9-19(29)34-12-17-16(33-11-13-4-6-14(24)7-5-13)8-18(35-17)28-10-15(25)20(30)27-21(28)31/h4-7,10,16-18H,8-9,11-12H2,1-3H3,(H,26,32)(H,27,30,31)/t16-,17+,18+/m0/s1/i10T. The van der Waals surface area contributed by atoms with E-state index in [1.165, 1.54) is 0 Å². The third-order valence-corrected chi connectivity index (χ3v) is 5.14. The molecule has 1 aliphatic heterocycles. The number of halogens is 2. The largest absolute Gasteiger partial charge is 0.461 e. The Morgan fingerprint density at radius 1 is 1.31 bits per heavy atom. The highest BCUT2D eigenvalue weighted by Crippen LogP contribution is 2.31. The second-order valence-electron chi connectivity index (χ2n) is 8.93. The molecule has 1 fully saturated rings. The molecule has 1 aromatic heterocycles. The van der Waals surface area contributed by atoms with Crippen LogP contribution < -0.4 is 16.6 Å². The molecule has 11 nitrogen and oxygen atoms in total. The van der Waals surface area contributed by atoms with Gasteiger partial charge in [0.25, 0.3) is 5.56 Å². The number of carbonyl (C=O) groups excluding carboxylic acids is 2. The second-order valence-corrected chi connectivity index (χ2v) is 9.37. The molecule has 2 aromatic rings. The second kappa shape index (κ2) is 11.7. The number of aromatic amines is 1. The number of hydrogen-bond acceptors (Lipinski definition) is 8. The lowest BCUT2D eigenvalue weighted by Crippen LogP contribution is -2.37. The highest BCUT2D eigenvalue weighted by atomic mass is 35.5. The first-order valence-corrected chi connectivity index (χ1v) is 11.4. The monoisotopic (exact) mass is 529 g/mol. The molecule has 1 saturated heterocycles. The molecule has 1 aromatic carbocycles. The van der Waals surface area contributed by atoms with Crippen LogP contribution in [0.2, 0.25) is 5.02 Å². The van der Waals surface area contributed by atoms with Gasteiger partial charge in [0.2, 0.25) is 5.82 Å². The van der Waals surface area contributed by atoms with E-state index >= 15 is 0 Å². The van der Waals surface area contributed by atoms with E-state index in [0.717, 1.165) is 5.56 Å². The fraction of sp³-hybridized carbons (Fsp3) is 0.478. The molecule has 3 atom stereocenters. The maximum atomic E-state index is 14.0. The Kier molecular flexibility index (Phi) is 8.39. The molecular weight excluding hydrogens is 501 g/mol. The van der Waals surface area contributed by atoms with Gasteiger partial charge in [-0.25, -0.2) is 9.59 Å². The SMILES string of the molecule is [3H]c1c(F)c(=O)[nH]c(=O)n1[C@H]1C[C@H](OCc2ccc(Cl)cc2)[C@@H](COC(=O)CNC(=O)OC(C)(C)C)O1. The van der Waals surface area contributed by atoms with Crippen molar-refractivity contribution in [1.29, 1.82) is 0 Å². The van der Waals surface area contributed by atoms with E-state index in [1.807, 2.05) is 0 Å². The number of H-pyrrole nitrogens is 1. The lowest BCUT2D eigenvalue weighted by molar-refractivity contribution is -0.150. The van der Waals surface area contributed by atoms with Gasteiger partial charge in [-0.1, -0.05) is 23.7 Å². The van der Waals surface area contributed by atoms with Gasteiger partial charge in [-0.05, 0) is 38.5 Å². The van der Waals surface area contributed by atoms with E-state index in [2.05, 4.69) is 5.32 Å². The highest BCUT2D eigenvalue weighted by molar-refractivity contribution is 6.30. The topological polar surface area (TPSA) is 138 Å². The van der Waals surface area contributed by atoms with Crippen molar-refractivity contribution in [1.82, 2.24) is 14.9 Å². The van der Waals surface area contributed by atoms with E-state index in [1.54, 1.807) is 50.0 Å². The summed E-state index contributed by atoms with van der Waals surface area (Å²) < 4.78 is 44.5. The summed E-state index contributed by atoms with van der Waals surface area (Å²) in [7, 11) is 0. The normalized spacial score (nSPS) is 20.0. The number of esters is 1. The number of rotatable bonds is 8. The predicted molar refractivity (Wildman–Crippen MR) is 125 cm³/mol. The molecule has 2 N–H and O–H groups in total. The van der Waals surface area contributed by atoms with Crippen molar-refractivity contribution in [3.05, 3.63) is 67.7 Å². The molecule has 196 valence electrons. The van der Waals surface area contributed by atoms with E-state index in [-0.39, 0.29) is 19.6 Å². The first kappa shape index (κ1) is 25.9. The number of benzene rings is 1. The van der Waals surface area contributed by atoms with Crippen molar-refractivity contribution in [2.24, 2.45) is 0 Å². The summed E-state index contributed by atoms with van der Waals surface area (Å²) in [5, 5.41) is 2.82. The van der Waals surface area contributed by atoms with Gasteiger partial charge in [0.1, 0.15) is 31.1 Å². The van der Waals surface area contributed by atoms with Crippen LogP contribution in [0.4, 0.5) is 9.18 Å². The number of aromatic nitrogens is 2. The Labute approximate surface area is 211 Å². The maximum absolute atomic E-state index is 14.0. The fourth-order valence-electron chi connectivity index (χ4n) is 3.27. The van der Waals surface area contributed by atoms with Crippen LogP contribution in [0.15, 0.2) is 40.0 Å². The summed E-state index contributed by atoms with van der Waals surface area (Å²) in [4.78, 5) is 49.4. The van der Waals surface area contributed by atoms with Crippen molar-refractivity contribution in [2.75, 3.05) is 13.2 Å². The maximum Gasteiger partial charge on any atom is 0.408 e. The lowest BCUT2D eigenvalue weighted by atomic mass is 10.1. The van der Waals surface area contributed by atoms with Crippen LogP contribution in [0.1, 0.15) is 40.4 Å². The highest BCUT2D eigenvalue weighted by Gasteiger charge is 2.38. The van der Waals surface area contributed by atoms with Crippen molar-refractivity contribution in [2.45, 2.75) is 57.8 Å². The molecular formula is C23H27ClFN3O8. The summed E-state index contributed by atoms with van der Waals surface area (Å²) in [6, 6.07) is 6.85. The molecule has 0 unspecified atom stereocenters. The first-order chi connectivity index (χ1) is 17.3. The van der Waals surface area contributed by atoms with Gasteiger partial charge in [-0.15, -0.1) is 0 Å². The number of hydrogen-bond donors (Lipinski definition) is 2. The molecule has 2 heterocycles. The van der Waals surface area contributed by atoms with Gasteiger partial charge >= 0.3 is 17.8 Å². The summed E-state index contributed by atoms with van der Waals surface area (Å²) in [5.74, 6) is -2.23. The number of alkyl carbamates (subject to hydrolysis) is 1. The van der Waals surface area contributed by atoms with Crippen molar-refractivity contribution < 1.29 is 34.3 Å². The Balaban J connectivity index is 1.69. The van der Waals surface area contributed by atoms with Crippen molar-refractivity contribution >= 4 is 23.7 Å².